The van der Waals surface area contributed by atoms with E-state index in [4.69, 9.17) is 4.74 Å². The standard InChI is InChI=1S/C21H31N3O4/c1-7-23-15-10-8-9-11-16(15)24(20(23)27)13-12-17(25)22-18(14(2)3)19(26)28-21(4,5)6/h8-11,14,18H,7,12-13H2,1-6H3,(H,22,25)/t18-/m1/s1. The number of imidazole rings is 1. The van der Waals surface area contributed by atoms with Crippen LogP contribution in [0.4, 0.5) is 0 Å². The number of nitrogens with one attached hydrogen (secondary N) is 1. The number of hydrogen-bond acceptors (Lipinski definition) is 4. The molecule has 0 spiro atoms. The molecule has 28 heavy (non-hydrogen) atoms. The van der Waals surface area contributed by atoms with Gasteiger partial charge in [-0.05, 0) is 45.7 Å². The van der Waals surface area contributed by atoms with Crippen molar-refractivity contribution in [3.05, 3.63) is 34.7 Å². The van der Waals surface area contributed by atoms with Crippen LogP contribution in [-0.2, 0) is 27.4 Å². The molecule has 0 aliphatic carbocycles. The van der Waals surface area contributed by atoms with E-state index >= 15 is 0 Å². The minimum atomic E-state index is -0.722. The van der Waals surface area contributed by atoms with Crippen molar-refractivity contribution in [3.63, 3.8) is 0 Å². The second-order valence-corrected chi connectivity index (χ2v) is 8.24. The fourth-order valence-electron chi connectivity index (χ4n) is 3.12. The molecule has 1 atom stereocenters. The van der Waals surface area contributed by atoms with Crippen LogP contribution in [0.2, 0.25) is 0 Å². The lowest BCUT2D eigenvalue weighted by molar-refractivity contribution is -0.160. The van der Waals surface area contributed by atoms with Crippen molar-refractivity contribution in [2.45, 2.75) is 72.7 Å². The molecular weight excluding hydrogens is 358 g/mol. The highest BCUT2D eigenvalue weighted by Crippen LogP contribution is 2.14. The Morgan fingerprint density at radius 1 is 1.11 bits per heavy atom. The number of benzene rings is 1. The van der Waals surface area contributed by atoms with Crippen molar-refractivity contribution in [1.82, 2.24) is 14.5 Å². The molecule has 0 saturated carbocycles. The summed E-state index contributed by atoms with van der Waals surface area (Å²) in [6, 6.07) is 6.81. The number of ether oxygens (including phenoxy) is 1. The summed E-state index contributed by atoms with van der Waals surface area (Å²) in [6.45, 7) is 11.8. The average Bonchev–Trinajstić information content (AvgIpc) is 2.86. The van der Waals surface area contributed by atoms with E-state index in [0.29, 0.717) is 6.54 Å². The van der Waals surface area contributed by atoms with E-state index in [-0.39, 0.29) is 30.5 Å². The molecule has 2 rings (SSSR count). The Morgan fingerprint density at radius 3 is 2.18 bits per heavy atom. The van der Waals surface area contributed by atoms with E-state index in [9.17, 15) is 14.4 Å². The van der Waals surface area contributed by atoms with E-state index < -0.39 is 17.6 Å². The molecule has 7 heteroatoms. The summed E-state index contributed by atoms with van der Waals surface area (Å²) >= 11 is 0. The van der Waals surface area contributed by atoms with Gasteiger partial charge in [0.25, 0.3) is 0 Å². The van der Waals surface area contributed by atoms with Crippen molar-refractivity contribution in [2.24, 2.45) is 5.92 Å². The fourth-order valence-corrected chi connectivity index (χ4v) is 3.12. The smallest absolute Gasteiger partial charge is 0.329 e. The van der Waals surface area contributed by atoms with Gasteiger partial charge >= 0.3 is 11.7 Å². The third kappa shape index (κ3) is 5.03. The van der Waals surface area contributed by atoms with Crippen LogP contribution in [0.15, 0.2) is 29.1 Å². The third-order valence-corrected chi connectivity index (χ3v) is 4.45. The van der Waals surface area contributed by atoms with Gasteiger partial charge in [0, 0.05) is 19.5 Å². The molecule has 0 unspecified atom stereocenters. The summed E-state index contributed by atoms with van der Waals surface area (Å²) in [5, 5.41) is 2.76. The molecule has 0 bridgehead atoms. The average molecular weight is 389 g/mol. The second-order valence-electron chi connectivity index (χ2n) is 8.24. The van der Waals surface area contributed by atoms with Crippen LogP contribution in [0.5, 0.6) is 0 Å². The van der Waals surface area contributed by atoms with Crippen molar-refractivity contribution in [2.75, 3.05) is 0 Å². The predicted octanol–water partition coefficient (Wildman–Crippen LogP) is 2.70. The molecule has 1 aromatic heterocycles. The molecule has 1 aromatic carbocycles. The van der Waals surface area contributed by atoms with Crippen molar-refractivity contribution >= 4 is 22.9 Å². The summed E-state index contributed by atoms with van der Waals surface area (Å²) in [6.07, 6.45) is 0.101. The summed E-state index contributed by atoms with van der Waals surface area (Å²) in [7, 11) is 0. The lowest BCUT2D eigenvalue weighted by Crippen LogP contribution is -2.47. The number of carbonyl (C=O) groups is 2. The number of fused-ring (bicyclic) bond motifs is 1. The van der Waals surface area contributed by atoms with E-state index in [0.717, 1.165) is 11.0 Å². The molecule has 154 valence electrons. The van der Waals surface area contributed by atoms with Crippen LogP contribution in [0, 0.1) is 5.92 Å². The van der Waals surface area contributed by atoms with Gasteiger partial charge in [0.1, 0.15) is 11.6 Å². The summed E-state index contributed by atoms with van der Waals surface area (Å²) < 4.78 is 8.70. The highest BCUT2D eigenvalue weighted by molar-refractivity contribution is 5.85. The SMILES string of the molecule is CCn1c(=O)n(CCC(=O)N[C@@H](C(=O)OC(C)(C)C)C(C)C)c2ccccc21. The quantitative estimate of drug-likeness (QED) is 0.738. The largest absolute Gasteiger partial charge is 0.458 e. The number of aryl methyl sites for hydroxylation is 2. The number of carbonyl (C=O) groups excluding carboxylic acids is 2. The van der Waals surface area contributed by atoms with E-state index in [1.54, 1.807) is 29.9 Å². The minimum absolute atomic E-state index is 0.101. The van der Waals surface area contributed by atoms with Crippen LogP contribution in [0.3, 0.4) is 0 Å². The van der Waals surface area contributed by atoms with Crippen molar-refractivity contribution in [3.8, 4) is 0 Å². The molecule has 1 N–H and O–H groups in total. The fraction of sp³-hybridized carbons (Fsp3) is 0.571. The zero-order valence-electron chi connectivity index (χ0n) is 17.6. The number of aromatic nitrogens is 2. The molecule has 7 nitrogen and oxygen atoms in total. The first-order valence-corrected chi connectivity index (χ1v) is 9.75. The monoisotopic (exact) mass is 389 g/mol. The first-order valence-electron chi connectivity index (χ1n) is 9.75. The zero-order valence-corrected chi connectivity index (χ0v) is 17.6. The Labute approximate surface area is 165 Å². The maximum absolute atomic E-state index is 12.6. The first-order chi connectivity index (χ1) is 13.0. The van der Waals surface area contributed by atoms with Gasteiger partial charge < -0.3 is 10.1 Å². The van der Waals surface area contributed by atoms with Crippen LogP contribution >= 0.6 is 0 Å². The molecule has 0 radical (unpaired) electrons. The van der Waals surface area contributed by atoms with E-state index in [2.05, 4.69) is 5.32 Å². The number of hydrogen-bond donors (Lipinski definition) is 1. The zero-order chi connectivity index (χ0) is 21.1. The number of para-hydroxylation sites is 2. The molecule has 0 saturated heterocycles. The Morgan fingerprint density at radius 2 is 1.68 bits per heavy atom. The topological polar surface area (TPSA) is 82.3 Å². The predicted molar refractivity (Wildman–Crippen MR) is 109 cm³/mol. The molecule has 1 heterocycles. The van der Waals surface area contributed by atoms with Gasteiger partial charge in [0.15, 0.2) is 0 Å². The van der Waals surface area contributed by atoms with Gasteiger partial charge in [-0.3, -0.25) is 13.9 Å². The van der Waals surface area contributed by atoms with Gasteiger partial charge in [-0.2, -0.15) is 0 Å². The van der Waals surface area contributed by atoms with Gasteiger partial charge in [-0.15, -0.1) is 0 Å². The van der Waals surface area contributed by atoms with E-state index in [1.165, 1.54) is 0 Å². The number of rotatable bonds is 7. The Hall–Kier alpha value is -2.57. The Bertz CT molecular complexity index is 902. The maximum Gasteiger partial charge on any atom is 0.329 e. The van der Waals surface area contributed by atoms with Crippen LogP contribution in [-0.4, -0.2) is 32.7 Å². The Balaban J connectivity index is 2.11. The molecule has 1 amide bonds. The minimum Gasteiger partial charge on any atom is -0.458 e. The van der Waals surface area contributed by atoms with Gasteiger partial charge in [0.2, 0.25) is 5.91 Å². The van der Waals surface area contributed by atoms with Gasteiger partial charge in [-0.1, -0.05) is 26.0 Å². The van der Waals surface area contributed by atoms with Gasteiger partial charge in [0.05, 0.1) is 11.0 Å². The number of amides is 1. The summed E-state index contributed by atoms with van der Waals surface area (Å²) in [4.78, 5) is 37.5. The second kappa shape index (κ2) is 8.63. The molecule has 0 aliphatic rings. The highest BCUT2D eigenvalue weighted by atomic mass is 16.6. The lowest BCUT2D eigenvalue weighted by Gasteiger charge is -2.26. The van der Waals surface area contributed by atoms with Crippen LogP contribution < -0.4 is 11.0 Å². The summed E-state index contributed by atoms with van der Waals surface area (Å²) in [5.41, 5.74) is 0.896. The normalized spacial score (nSPS) is 13.0. The third-order valence-electron chi connectivity index (χ3n) is 4.45. The number of esters is 1. The number of nitrogens with zero attached hydrogens (tertiary/aromatic N) is 2. The van der Waals surface area contributed by atoms with Gasteiger partial charge in [-0.25, -0.2) is 9.59 Å². The van der Waals surface area contributed by atoms with E-state index in [1.807, 2.05) is 45.0 Å². The maximum atomic E-state index is 12.6. The van der Waals surface area contributed by atoms with Crippen molar-refractivity contribution in [1.29, 1.82) is 0 Å². The molecule has 0 aliphatic heterocycles. The van der Waals surface area contributed by atoms with Crippen LogP contribution in [0.25, 0.3) is 11.0 Å². The summed E-state index contributed by atoms with van der Waals surface area (Å²) in [5.74, 6) is -0.844. The first kappa shape index (κ1) is 21.7. The molecular formula is C21H31N3O4. The molecule has 2 aromatic rings. The van der Waals surface area contributed by atoms with Crippen LogP contribution in [0.1, 0.15) is 48.0 Å². The van der Waals surface area contributed by atoms with Crippen molar-refractivity contribution < 1.29 is 14.3 Å². The lowest BCUT2D eigenvalue weighted by atomic mass is 10.0. The Kier molecular flexibility index (Phi) is 6.69. The molecule has 0 fully saturated rings. The highest BCUT2D eigenvalue weighted by Gasteiger charge is 2.29.